The third-order valence-electron chi connectivity index (χ3n) is 6.90. The van der Waals surface area contributed by atoms with Crippen molar-refractivity contribution >= 4 is 11.6 Å². The molecule has 3 saturated carbocycles. The predicted molar refractivity (Wildman–Crippen MR) is 83.1 cm³/mol. The van der Waals surface area contributed by atoms with Crippen LogP contribution in [0.15, 0.2) is 11.6 Å². The number of carbonyl (C=O) groups excluding carboxylic acids is 2. The van der Waals surface area contributed by atoms with Gasteiger partial charge in [-0.05, 0) is 61.8 Å². The third kappa shape index (κ3) is 1.72. The maximum absolute atomic E-state index is 13.1. The molecule has 3 nitrogen and oxygen atoms in total. The predicted octanol–water partition coefficient (Wildman–Crippen LogP) is 3.06. The molecule has 0 radical (unpaired) electrons. The van der Waals surface area contributed by atoms with Crippen LogP contribution in [0.2, 0.25) is 0 Å². The van der Waals surface area contributed by atoms with Crippen molar-refractivity contribution in [2.75, 3.05) is 0 Å². The van der Waals surface area contributed by atoms with E-state index >= 15 is 0 Å². The highest BCUT2D eigenvalue weighted by Crippen LogP contribution is 2.63. The van der Waals surface area contributed by atoms with E-state index in [0.717, 1.165) is 0 Å². The van der Waals surface area contributed by atoms with Gasteiger partial charge in [-0.25, -0.2) is 0 Å². The van der Waals surface area contributed by atoms with Crippen LogP contribution in [-0.2, 0) is 9.59 Å². The number of rotatable bonds is 0. The Bertz CT molecular complexity index is 773. The minimum Gasteiger partial charge on any atom is -0.393 e. The van der Waals surface area contributed by atoms with Gasteiger partial charge in [-0.1, -0.05) is 19.4 Å². The Kier molecular flexibility index (Phi) is 2.06. The fourth-order valence-electron chi connectivity index (χ4n) is 5.47. The molecule has 4 aliphatic carbocycles. The molecule has 120 valence electrons. The standard InChI is InChI=1S/C19H26O3/c1-18-7-5-12(20)9-11(18)10-15(21)17-13-3-4-16(22)19(13,2)8-6-14(17)18/h10,12-14,17,20H,3-9H2,1-2H3/t12-,13-,14-,17-,18-,19-/m0/s1/i5D2,9D2,12D. The number of hydrogen-bond donors (Lipinski definition) is 1. The smallest absolute Gasteiger partial charge is 0.159 e. The van der Waals surface area contributed by atoms with Gasteiger partial charge in [0.2, 0.25) is 0 Å². The molecular formula is C19H26O3. The molecule has 6 atom stereocenters. The van der Waals surface area contributed by atoms with Crippen LogP contribution < -0.4 is 0 Å². The zero-order valence-corrected chi connectivity index (χ0v) is 13.1. The molecule has 0 aliphatic heterocycles. The Balaban J connectivity index is 1.87. The van der Waals surface area contributed by atoms with Crippen molar-refractivity contribution in [3.8, 4) is 0 Å². The summed E-state index contributed by atoms with van der Waals surface area (Å²) in [6.07, 6.45) is -4.82. The Morgan fingerprint density at radius 2 is 1.95 bits per heavy atom. The Labute approximate surface area is 139 Å². The lowest BCUT2D eigenvalue weighted by Gasteiger charge is -2.55. The highest BCUT2D eigenvalue weighted by atomic mass is 16.3. The maximum Gasteiger partial charge on any atom is 0.159 e. The molecule has 3 fully saturated rings. The van der Waals surface area contributed by atoms with E-state index in [1.807, 2.05) is 6.92 Å². The van der Waals surface area contributed by atoms with Crippen molar-refractivity contribution in [2.24, 2.45) is 28.6 Å². The van der Waals surface area contributed by atoms with Crippen molar-refractivity contribution in [1.29, 1.82) is 0 Å². The van der Waals surface area contributed by atoms with Crippen LogP contribution in [-0.4, -0.2) is 22.8 Å². The summed E-state index contributed by atoms with van der Waals surface area (Å²) < 4.78 is 41.2. The van der Waals surface area contributed by atoms with E-state index < -0.39 is 35.6 Å². The van der Waals surface area contributed by atoms with E-state index in [9.17, 15) is 14.7 Å². The molecule has 0 unspecified atom stereocenters. The zero-order chi connectivity index (χ0) is 20.2. The second-order valence-electron chi connectivity index (χ2n) is 7.86. The van der Waals surface area contributed by atoms with Crippen molar-refractivity contribution in [3.05, 3.63) is 11.6 Å². The van der Waals surface area contributed by atoms with E-state index in [2.05, 4.69) is 0 Å². The molecule has 0 aromatic rings. The van der Waals surface area contributed by atoms with Crippen LogP contribution >= 0.6 is 0 Å². The molecule has 3 heteroatoms. The lowest BCUT2D eigenvalue weighted by Crippen LogP contribution is -2.53. The fraction of sp³-hybridized carbons (Fsp3) is 0.789. The van der Waals surface area contributed by atoms with Gasteiger partial charge in [0.15, 0.2) is 5.78 Å². The SMILES string of the molecule is [2H]C1([2H])C[C@@]2(C)C(=CC(=O)[C@@H]3[C@@H]2CC[C@]2(C)C(=O)CC[C@@H]32)C([2H])([2H])[C@@]1([2H])O. The van der Waals surface area contributed by atoms with Gasteiger partial charge in [-0.2, -0.15) is 0 Å². The molecular weight excluding hydrogens is 276 g/mol. The minimum absolute atomic E-state index is 0.0433. The van der Waals surface area contributed by atoms with Gasteiger partial charge in [-0.3, -0.25) is 9.59 Å². The van der Waals surface area contributed by atoms with Gasteiger partial charge in [-0.15, -0.1) is 0 Å². The van der Waals surface area contributed by atoms with Crippen molar-refractivity contribution in [2.45, 2.75) is 64.8 Å². The number of carbonyl (C=O) groups is 2. The van der Waals surface area contributed by atoms with Crippen LogP contribution in [0.25, 0.3) is 0 Å². The second kappa shape index (κ2) is 4.53. The average molecular weight is 307 g/mol. The van der Waals surface area contributed by atoms with Gasteiger partial charge in [0, 0.05) is 23.2 Å². The Hall–Kier alpha value is -0.960. The second-order valence-corrected chi connectivity index (χ2v) is 7.86. The molecule has 0 aromatic carbocycles. The zero-order valence-electron chi connectivity index (χ0n) is 18.1. The molecule has 0 aromatic heterocycles. The number of ketones is 2. The van der Waals surface area contributed by atoms with Crippen LogP contribution in [0, 0.1) is 28.6 Å². The molecule has 4 aliphatic rings. The first-order chi connectivity index (χ1) is 12.2. The van der Waals surface area contributed by atoms with Gasteiger partial charge in [0.25, 0.3) is 0 Å². The monoisotopic (exact) mass is 307 g/mol. The van der Waals surface area contributed by atoms with Crippen LogP contribution in [0.1, 0.15) is 65.6 Å². The fourth-order valence-corrected chi connectivity index (χ4v) is 5.47. The van der Waals surface area contributed by atoms with Crippen LogP contribution in [0.4, 0.5) is 0 Å². The summed E-state index contributed by atoms with van der Waals surface area (Å²) in [6.45, 7) is 3.70. The van der Waals surface area contributed by atoms with E-state index in [4.69, 9.17) is 6.85 Å². The summed E-state index contributed by atoms with van der Waals surface area (Å²) in [5.74, 6) is -0.851. The molecule has 1 N–H and O–H groups in total. The number of aliphatic hydroxyl groups is 1. The third-order valence-corrected chi connectivity index (χ3v) is 6.90. The highest BCUT2D eigenvalue weighted by molar-refractivity contribution is 5.96. The van der Waals surface area contributed by atoms with Crippen LogP contribution in [0.3, 0.4) is 0 Å². The van der Waals surface area contributed by atoms with E-state index in [1.165, 1.54) is 6.08 Å². The average Bonchev–Trinajstić information content (AvgIpc) is 2.84. The number of allylic oxidation sites excluding steroid dienone is 1. The molecule has 0 heterocycles. The normalized spacial score (nSPS) is 62.2. The Morgan fingerprint density at radius 1 is 1.23 bits per heavy atom. The topological polar surface area (TPSA) is 54.4 Å². The quantitative estimate of drug-likeness (QED) is 0.748. The number of hydrogen-bond acceptors (Lipinski definition) is 3. The minimum atomic E-state index is -2.97. The van der Waals surface area contributed by atoms with Crippen LogP contribution in [0.5, 0.6) is 0 Å². The summed E-state index contributed by atoms with van der Waals surface area (Å²) in [5.41, 5.74) is -1.45. The summed E-state index contributed by atoms with van der Waals surface area (Å²) >= 11 is 0. The summed E-state index contributed by atoms with van der Waals surface area (Å²) in [5, 5.41) is 10.4. The summed E-state index contributed by atoms with van der Waals surface area (Å²) in [7, 11) is 0. The van der Waals surface area contributed by atoms with E-state index in [0.29, 0.717) is 25.7 Å². The molecule has 4 rings (SSSR count). The first kappa shape index (κ1) is 10.0. The van der Waals surface area contributed by atoms with Gasteiger partial charge >= 0.3 is 0 Å². The maximum atomic E-state index is 13.1. The molecule has 0 amide bonds. The van der Waals surface area contributed by atoms with Crippen molar-refractivity contribution in [3.63, 3.8) is 0 Å². The van der Waals surface area contributed by atoms with Crippen molar-refractivity contribution < 1.29 is 21.5 Å². The number of fused-ring (bicyclic) bond motifs is 5. The Morgan fingerprint density at radius 3 is 2.73 bits per heavy atom. The largest absolute Gasteiger partial charge is 0.393 e. The summed E-state index contributed by atoms with van der Waals surface area (Å²) in [6, 6.07) is 0. The van der Waals surface area contributed by atoms with Crippen molar-refractivity contribution in [1.82, 2.24) is 0 Å². The molecule has 0 bridgehead atoms. The number of Topliss-reactive ketones (excluding diaryl/α,β-unsaturated/α-hetero) is 1. The van der Waals surface area contributed by atoms with Gasteiger partial charge in [0.1, 0.15) is 5.78 Å². The summed E-state index contributed by atoms with van der Waals surface area (Å²) in [4.78, 5) is 25.5. The lowest BCUT2D eigenvalue weighted by molar-refractivity contribution is -0.139. The lowest BCUT2D eigenvalue weighted by atomic mass is 9.48. The molecule has 0 saturated heterocycles. The van der Waals surface area contributed by atoms with Gasteiger partial charge < -0.3 is 5.11 Å². The highest BCUT2D eigenvalue weighted by Gasteiger charge is 2.60. The molecule has 0 spiro atoms. The van der Waals surface area contributed by atoms with E-state index in [1.54, 1.807) is 6.92 Å². The first-order valence-electron chi connectivity index (χ1n) is 10.7. The first-order valence-corrected chi connectivity index (χ1v) is 8.22. The molecule has 22 heavy (non-hydrogen) atoms. The van der Waals surface area contributed by atoms with Gasteiger partial charge in [0.05, 0.1) is 7.45 Å². The van der Waals surface area contributed by atoms with E-state index in [-0.39, 0.29) is 35.4 Å².